The molecule has 27 heavy (non-hydrogen) atoms. The fourth-order valence-electron chi connectivity index (χ4n) is 2.66. The van der Waals surface area contributed by atoms with E-state index < -0.39 is 0 Å². The van der Waals surface area contributed by atoms with Crippen molar-refractivity contribution < 1.29 is 4.79 Å². The Balaban J connectivity index is 0.00000261. The van der Waals surface area contributed by atoms with Crippen LogP contribution in [-0.2, 0) is 4.79 Å². The third-order valence-corrected chi connectivity index (χ3v) is 5.91. The Morgan fingerprint density at radius 2 is 2.00 bits per heavy atom. The molecule has 0 N–H and O–H groups in total. The van der Waals surface area contributed by atoms with E-state index in [1.54, 1.807) is 33.6 Å². The number of aromatic nitrogens is 1. The van der Waals surface area contributed by atoms with E-state index in [-0.39, 0.29) is 18.3 Å². The van der Waals surface area contributed by atoms with E-state index in [0.717, 1.165) is 38.8 Å². The van der Waals surface area contributed by atoms with Gasteiger partial charge in [-0.3, -0.25) is 9.69 Å². The normalized spacial score (nSPS) is 11.3. The zero-order chi connectivity index (χ0) is 18.5. The lowest BCUT2D eigenvalue weighted by atomic mass is 10.2. The van der Waals surface area contributed by atoms with Crippen molar-refractivity contribution in [3.8, 4) is 0 Å². The summed E-state index contributed by atoms with van der Waals surface area (Å²) in [6, 6.07) is 10.1. The number of fused-ring (bicyclic) bond motifs is 1. The van der Waals surface area contributed by atoms with Crippen LogP contribution in [0, 0.1) is 6.92 Å². The number of carbonyl (C=O) groups excluding carboxylic acids is 1. The number of aryl methyl sites for hydroxylation is 1. The van der Waals surface area contributed by atoms with Crippen molar-refractivity contribution in [2.75, 3.05) is 32.1 Å². The first kappa shape index (κ1) is 21.6. The predicted molar refractivity (Wildman–Crippen MR) is 120 cm³/mol. The van der Waals surface area contributed by atoms with Gasteiger partial charge in [0.1, 0.15) is 0 Å². The maximum absolute atomic E-state index is 12.9. The Morgan fingerprint density at radius 3 is 2.67 bits per heavy atom. The second kappa shape index (κ2) is 9.99. The van der Waals surface area contributed by atoms with E-state index >= 15 is 0 Å². The van der Waals surface area contributed by atoms with Crippen LogP contribution in [0.25, 0.3) is 16.3 Å². The van der Waals surface area contributed by atoms with Crippen LogP contribution in [0.3, 0.4) is 0 Å². The lowest BCUT2D eigenvalue weighted by Crippen LogP contribution is -2.32. The molecule has 0 bridgehead atoms. The average molecular weight is 422 g/mol. The summed E-state index contributed by atoms with van der Waals surface area (Å²) in [6.45, 7) is 3.65. The summed E-state index contributed by atoms with van der Waals surface area (Å²) in [5.41, 5.74) is 2.12. The molecule has 1 aromatic carbocycles. The first-order valence-electron chi connectivity index (χ1n) is 8.58. The number of rotatable bonds is 7. The van der Waals surface area contributed by atoms with Crippen molar-refractivity contribution in [1.82, 2.24) is 9.88 Å². The summed E-state index contributed by atoms with van der Waals surface area (Å²) in [7, 11) is 4.09. The van der Waals surface area contributed by atoms with Crippen molar-refractivity contribution in [2.45, 2.75) is 13.3 Å². The highest BCUT2D eigenvalue weighted by molar-refractivity contribution is 7.22. The first-order valence-corrected chi connectivity index (χ1v) is 10.3. The van der Waals surface area contributed by atoms with Gasteiger partial charge in [0.2, 0.25) is 0 Å². The second-order valence-electron chi connectivity index (χ2n) is 6.41. The minimum Gasteiger partial charge on any atom is -0.309 e. The van der Waals surface area contributed by atoms with Crippen LogP contribution >= 0.6 is 35.1 Å². The molecule has 0 saturated carbocycles. The molecule has 144 valence electrons. The fourth-order valence-corrected chi connectivity index (χ4v) is 4.36. The van der Waals surface area contributed by atoms with Gasteiger partial charge in [-0.2, -0.15) is 0 Å². The number of hydrogen-bond donors (Lipinski definition) is 0. The van der Waals surface area contributed by atoms with Crippen LogP contribution in [-0.4, -0.2) is 43.0 Å². The molecule has 0 saturated heterocycles. The minimum atomic E-state index is -0.0196. The first-order chi connectivity index (χ1) is 12.5. The van der Waals surface area contributed by atoms with Gasteiger partial charge >= 0.3 is 0 Å². The molecule has 0 aliphatic carbocycles. The zero-order valence-electron chi connectivity index (χ0n) is 15.7. The zero-order valence-corrected chi connectivity index (χ0v) is 18.2. The quantitative estimate of drug-likeness (QED) is 0.499. The summed E-state index contributed by atoms with van der Waals surface area (Å²) in [5, 5.41) is 2.78. The topological polar surface area (TPSA) is 36.4 Å². The van der Waals surface area contributed by atoms with Crippen LogP contribution < -0.4 is 4.90 Å². The fraction of sp³-hybridized carbons (Fsp3) is 0.300. The van der Waals surface area contributed by atoms with Gasteiger partial charge in [0.25, 0.3) is 5.91 Å². The molecule has 3 aromatic rings. The maximum Gasteiger partial charge on any atom is 0.252 e. The van der Waals surface area contributed by atoms with Gasteiger partial charge in [-0.25, -0.2) is 4.98 Å². The van der Waals surface area contributed by atoms with E-state index in [0.29, 0.717) is 6.54 Å². The van der Waals surface area contributed by atoms with E-state index in [1.165, 1.54) is 0 Å². The molecule has 0 atom stereocenters. The van der Waals surface area contributed by atoms with Crippen molar-refractivity contribution in [1.29, 1.82) is 0 Å². The van der Waals surface area contributed by atoms with Gasteiger partial charge < -0.3 is 4.90 Å². The van der Waals surface area contributed by atoms with Gasteiger partial charge in [0, 0.05) is 17.5 Å². The largest absolute Gasteiger partial charge is 0.309 e. The van der Waals surface area contributed by atoms with Gasteiger partial charge in [0.15, 0.2) is 5.13 Å². The number of thiazole rings is 1. The Hall–Kier alpha value is -1.73. The number of para-hydroxylation sites is 1. The van der Waals surface area contributed by atoms with Crippen molar-refractivity contribution >= 4 is 62.4 Å². The third kappa shape index (κ3) is 5.62. The number of amides is 1. The van der Waals surface area contributed by atoms with E-state index in [1.807, 2.05) is 43.8 Å². The monoisotopic (exact) mass is 421 g/mol. The third-order valence-electron chi connectivity index (χ3n) is 4.03. The molecular formula is C20H24ClN3OS2. The molecule has 0 aliphatic rings. The highest BCUT2D eigenvalue weighted by Crippen LogP contribution is 2.31. The molecule has 0 fully saturated rings. The molecular weight excluding hydrogens is 398 g/mol. The Bertz CT molecular complexity index is 903. The predicted octanol–water partition coefficient (Wildman–Crippen LogP) is 5.09. The van der Waals surface area contributed by atoms with Gasteiger partial charge in [-0.1, -0.05) is 29.5 Å². The number of nitrogens with zero attached hydrogens (tertiary/aromatic N) is 3. The van der Waals surface area contributed by atoms with E-state index in [4.69, 9.17) is 4.98 Å². The lowest BCUT2D eigenvalue weighted by molar-refractivity contribution is -0.114. The Morgan fingerprint density at radius 1 is 1.19 bits per heavy atom. The molecule has 0 spiro atoms. The molecule has 0 radical (unpaired) electrons. The number of halogens is 1. The smallest absolute Gasteiger partial charge is 0.252 e. The van der Waals surface area contributed by atoms with Crippen LogP contribution in [0.15, 0.2) is 41.8 Å². The summed E-state index contributed by atoms with van der Waals surface area (Å²) in [4.78, 5) is 22.6. The summed E-state index contributed by atoms with van der Waals surface area (Å²) >= 11 is 3.20. The summed E-state index contributed by atoms with van der Waals surface area (Å²) < 4.78 is 1.12. The van der Waals surface area contributed by atoms with Crippen LogP contribution in [0.1, 0.15) is 16.9 Å². The van der Waals surface area contributed by atoms with Crippen molar-refractivity contribution in [2.24, 2.45) is 0 Å². The molecule has 0 aliphatic heterocycles. The summed E-state index contributed by atoms with van der Waals surface area (Å²) in [5.74, 6) is -0.0196. The van der Waals surface area contributed by atoms with Crippen LogP contribution in [0.4, 0.5) is 5.13 Å². The van der Waals surface area contributed by atoms with Gasteiger partial charge in [-0.15, -0.1) is 23.7 Å². The number of thiophene rings is 1. The standard InChI is InChI=1S/C20H23N3OS2.ClH/c1-15-7-4-9-17-19(15)21-20(26-17)23(13-6-12-22(2)3)18(24)11-10-16-8-5-14-25-16;/h4-5,7-11,14H,6,12-13H2,1-3H3;1H. The van der Waals surface area contributed by atoms with Crippen LogP contribution in [0.5, 0.6) is 0 Å². The second-order valence-corrected chi connectivity index (χ2v) is 8.40. The Kier molecular flexibility index (Phi) is 7.98. The van der Waals surface area contributed by atoms with E-state index in [2.05, 4.69) is 24.0 Å². The molecule has 0 unspecified atom stereocenters. The molecule has 7 heteroatoms. The van der Waals surface area contributed by atoms with Crippen LogP contribution in [0.2, 0.25) is 0 Å². The average Bonchev–Trinajstić information content (AvgIpc) is 3.26. The summed E-state index contributed by atoms with van der Waals surface area (Å²) in [6.07, 6.45) is 4.44. The molecule has 2 aromatic heterocycles. The number of hydrogen-bond acceptors (Lipinski definition) is 5. The minimum absolute atomic E-state index is 0. The molecule has 2 heterocycles. The van der Waals surface area contributed by atoms with Crippen molar-refractivity contribution in [3.63, 3.8) is 0 Å². The molecule has 3 rings (SSSR count). The number of anilines is 1. The number of carbonyl (C=O) groups is 1. The Labute approximate surface area is 174 Å². The number of benzene rings is 1. The lowest BCUT2D eigenvalue weighted by Gasteiger charge is -2.19. The molecule has 4 nitrogen and oxygen atoms in total. The van der Waals surface area contributed by atoms with Crippen molar-refractivity contribution in [3.05, 3.63) is 52.2 Å². The van der Waals surface area contributed by atoms with E-state index in [9.17, 15) is 4.79 Å². The maximum atomic E-state index is 12.9. The molecule has 1 amide bonds. The highest BCUT2D eigenvalue weighted by atomic mass is 35.5. The van der Waals surface area contributed by atoms with Gasteiger partial charge in [-0.05, 0) is 63.1 Å². The van der Waals surface area contributed by atoms with Gasteiger partial charge in [0.05, 0.1) is 10.2 Å². The SMILES string of the molecule is Cc1cccc2sc(N(CCCN(C)C)C(=O)C=Cc3cccs3)nc12.Cl. The highest BCUT2D eigenvalue weighted by Gasteiger charge is 2.18.